The van der Waals surface area contributed by atoms with Crippen LogP contribution in [0, 0.1) is 6.92 Å². The number of hydrogen-bond donors (Lipinski definition) is 1. The lowest BCUT2D eigenvalue weighted by atomic mass is 10.3. The number of thiazole rings is 1. The fourth-order valence-corrected chi connectivity index (χ4v) is 3.08. The minimum Gasteiger partial charge on any atom is -0.469 e. The number of nitrogens with zero attached hydrogens (tertiary/aromatic N) is 1. The minimum atomic E-state index is -3.37. The molecule has 0 amide bonds. The molecule has 1 heterocycles. The molecule has 0 radical (unpaired) electrons. The van der Waals surface area contributed by atoms with E-state index in [4.69, 9.17) is 0 Å². The second-order valence-electron chi connectivity index (χ2n) is 3.68. The zero-order valence-electron chi connectivity index (χ0n) is 10.3. The second-order valence-corrected chi connectivity index (χ2v) is 6.93. The smallest absolute Gasteiger partial charge is 0.305 e. The zero-order valence-corrected chi connectivity index (χ0v) is 11.9. The number of ether oxygens (including phenoxy) is 1. The Kier molecular flexibility index (Phi) is 5.70. The summed E-state index contributed by atoms with van der Waals surface area (Å²) in [5, 5.41) is 0.726. The number of hydrogen-bond acceptors (Lipinski definition) is 6. The van der Waals surface area contributed by atoms with E-state index in [0.717, 1.165) is 9.88 Å². The van der Waals surface area contributed by atoms with Gasteiger partial charge in [-0.05, 0) is 13.3 Å². The maximum absolute atomic E-state index is 11.6. The number of carbonyl (C=O) groups excluding carboxylic acids is 1. The van der Waals surface area contributed by atoms with Gasteiger partial charge in [-0.25, -0.2) is 18.1 Å². The Morgan fingerprint density at radius 1 is 1.56 bits per heavy atom. The molecule has 6 nitrogen and oxygen atoms in total. The zero-order chi connectivity index (χ0) is 13.6. The van der Waals surface area contributed by atoms with Gasteiger partial charge in [0, 0.05) is 17.5 Å². The average Bonchev–Trinajstić information content (AvgIpc) is 2.72. The summed E-state index contributed by atoms with van der Waals surface area (Å²) in [5.74, 6) is -0.493. The molecule has 0 aliphatic heterocycles. The van der Waals surface area contributed by atoms with E-state index >= 15 is 0 Å². The van der Waals surface area contributed by atoms with Crippen molar-refractivity contribution in [3.63, 3.8) is 0 Å². The van der Waals surface area contributed by atoms with Crippen LogP contribution in [0.15, 0.2) is 6.20 Å². The molecule has 0 aliphatic carbocycles. The summed E-state index contributed by atoms with van der Waals surface area (Å²) in [6.45, 7) is 2.10. The Bertz CT molecular complexity index is 496. The third-order valence-electron chi connectivity index (χ3n) is 2.13. The van der Waals surface area contributed by atoms with Crippen molar-refractivity contribution >= 4 is 27.3 Å². The first-order valence-corrected chi connectivity index (χ1v) is 7.85. The van der Waals surface area contributed by atoms with Crippen molar-refractivity contribution in [3.05, 3.63) is 16.1 Å². The molecule has 0 fully saturated rings. The van der Waals surface area contributed by atoms with Crippen molar-refractivity contribution in [1.29, 1.82) is 0 Å². The van der Waals surface area contributed by atoms with Crippen LogP contribution in [-0.4, -0.2) is 32.2 Å². The number of carbonyl (C=O) groups is 1. The molecule has 0 saturated carbocycles. The van der Waals surface area contributed by atoms with Gasteiger partial charge in [-0.1, -0.05) is 0 Å². The summed E-state index contributed by atoms with van der Waals surface area (Å²) < 4.78 is 30.1. The van der Waals surface area contributed by atoms with Crippen LogP contribution in [0.3, 0.4) is 0 Å². The molecule has 1 rings (SSSR count). The van der Waals surface area contributed by atoms with Crippen LogP contribution in [0.25, 0.3) is 0 Å². The van der Waals surface area contributed by atoms with Crippen molar-refractivity contribution in [2.24, 2.45) is 0 Å². The summed E-state index contributed by atoms with van der Waals surface area (Å²) in [7, 11) is -2.09. The third-order valence-corrected chi connectivity index (χ3v) is 4.46. The Balaban J connectivity index is 2.33. The molecular formula is C10H16N2O4S2. The predicted molar refractivity (Wildman–Crippen MR) is 68.7 cm³/mol. The van der Waals surface area contributed by atoms with E-state index in [0.29, 0.717) is 0 Å². The Morgan fingerprint density at radius 2 is 2.28 bits per heavy atom. The SMILES string of the molecule is COC(=O)CCCS(=O)(=O)NCc1ncc(C)s1. The summed E-state index contributed by atoms with van der Waals surface area (Å²) in [6.07, 6.45) is 2.05. The van der Waals surface area contributed by atoms with E-state index < -0.39 is 16.0 Å². The normalized spacial score (nSPS) is 11.4. The van der Waals surface area contributed by atoms with Gasteiger partial charge in [0.05, 0.1) is 19.4 Å². The van der Waals surface area contributed by atoms with Crippen LogP contribution < -0.4 is 4.72 Å². The summed E-state index contributed by atoms with van der Waals surface area (Å²) in [5.41, 5.74) is 0. The third kappa shape index (κ3) is 5.56. The van der Waals surface area contributed by atoms with Crippen LogP contribution in [0.4, 0.5) is 0 Å². The van der Waals surface area contributed by atoms with Gasteiger partial charge >= 0.3 is 5.97 Å². The molecule has 0 aromatic carbocycles. The second kappa shape index (κ2) is 6.81. The molecule has 102 valence electrons. The number of nitrogens with one attached hydrogen (secondary N) is 1. The summed E-state index contributed by atoms with van der Waals surface area (Å²) in [6, 6.07) is 0. The number of aromatic nitrogens is 1. The fourth-order valence-electron chi connectivity index (χ4n) is 1.24. The number of rotatable bonds is 7. The highest BCUT2D eigenvalue weighted by molar-refractivity contribution is 7.89. The maximum atomic E-state index is 11.6. The highest BCUT2D eigenvalue weighted by atomic mass is 32.2. The van der Waals surface area contributed by atoms with Gasteiger partial charge in [0.2, 0.25) is 10.0 Å². The number of aryl methyl sites for hydroxylation is 1. The number of methoxy groups -OCH3 is 1. The highest BCUT2D eigenvalue weighted by Crippen LogP contribution is 2.11. The van der Waals surface area contributed by atoms with E-state index in [1.807, 2.05) is 6.92 Å². The van der Waals surface area contributed by atoms with Crippen LogP contribution >= 0.6 is 11.3 Å². The molecule has 0 aliphatic rings. The quantitative estimate of drug-likeness (QED) is 0.752. The molecular weight excluding hydrogens is 276 g/mol. The number of sulfonamides is 1. The van der Waals surface area contributed by atoms with Crippen LogP contribution in [0.5, 0.6) is 0 Å². The Morgan fingerprint density at radius 3 is 2.83 bits per heavy atom. The first kappa shape index (κ1) is 15.1. The molecule has 1 N–H and O–H groups in total. The van der Waals surface area contributed by atoms with E-state index in [9.17, 15) is 13.2 Å². The van der Waals surface area contributed by atoms with Crippen molar-refractivity contribution in [3.8, 4) is 0 Å². The van der Waals surface area contributed by atoms with Crippen molar-refractivity contribution in [1.82, 2.24) is 9.71 Å². The monoisotopic (exact) mass is 292 g/mol. The van der Waals surface area contributed by atoms with E-state index in [-0.39, 0.29) is 25.1 Å². The molecule has 8 heteroatoms. The van der Waals surface area contributed by atoms with Crippen molar-refractivity contribution < 1.29 is 17.9 Å². The summed E-state index contributed by atoms with van der Waals surface area (Å²) in [4.78, 5) is 15.9. The lowest BCUT2D eigenvalue weighted by molar-refractivity contribution is -0.140. The Labute approximate surface area is 110 Å². The van der Waals surface area contributed by atoms with Crippen molar-refractivity contribution in [2.75, 3.05) is 12.9 Å². The first-order chi connectivity index (χ1) is 8.43. The van der Waals surface area contributed by atoms with Crippen molar-refractivity contribution in [2.45, 2.75) is 26.3 Å². The average molecular weight is 292 g/mol. The van der Waals surface area contributed by atoms with Gasteiger partial charge in [-0.15, -0.1) is 11.3 Å². The molecule has 1 aromatic heterocycles. The number of esters is 1. The van der Waals surface area contributed by atoms with Gasteiger partial charge in [-0.2, -0.15) is 0 Å². The van der Waals surface area contributed by atoms with E-state index in [2.05, 4.69) is 14.4 Å². The molecule has 0 atom stereocenters. The van der Waals surface area contributed by atoms with Gasteiger partial charge in [-0.3, -0.25) is 4.79 Å². The largest absolute Gasteiger partial charge is 0.469 e. The molecule has 18 heavy (non-hydrogen) atoms. The van der Waals surface area contributed by atoms with Gasteiger partial charge in [0.25, 0.3) is 0 Å². The molecule has 1 aromatic rings. The molecule has 0 bridgehead atoms. The van der Waals surface area contributed by atoms with Gasteiger partial charge in [0.15, 0.2) is 0 Å². The van der Waals surface area contributed by atoms with Gasteiger partial charge < -0.3 is 4.74 Å². The minimum absolute atomic E-state index is 0.0908. The van der Waals surface area contributed by atoms with Crippen LogP contribution in [-0.2, 0) is 26.1 Å². The molecule has 0 spiro atoms. The standard InChI is InChI=1S/C10H16N2O4S2/c1-8-6-11-9(17-8)7-12-18(14,15)5-3-4-10(13)16-2/h6,12H,3-5,7H2,1-2H3. The lowest BCUT2D eigenvalue weighted by Crippen LogP contribution is -2.26. The maximum Gasteiger partial charge on any atom is 0.305 e. The van der Waals surface area contributed by atoms with E-state index in [1.165, 1.54) is 18.4 Å². The predicted octanol–water partition coefficient (Wildman–Crippen LogP) is 0.824. The molecule has 0 saturated heterocycles. The van der Waals surface area contributed by atoms with Crippen LogP contribution in [0.1, 0.15) is 22.7 Å². The lowest BCUT2D eigenvalue weighted by Gasteiger charge is -2.04. The van der Waals surface area contributed by atoms with Gasteiger partial charge in [0.1, 0.15) is 5.01 Å². The topological polar surface area (TPSA) is 85.4 Å². The van der Waals surface area contributed by atoms with E-state index in [1.54, 1.807) is 6.20 Å². The summed E-state index contributed by atoms with van der Waals surface area (Å²) >= 11 is 1.45. The highest BCUT2D eigenvalue weighted by Gasteiger charge is 2.12. The van der Waals surface area contributed by atoms with Crippen LogP contribution in [0.2, 0.25) is 0 Å². The Hall–Kier alpha value is -0.990. The fraction of sp³-hybridized carbons (Fsp3) is 0.600. The molecule has 0 unspecified atom stereocenters. The first-order valence-electron chi connectivity index (χ1n) is 5.38.